The number of hydrogen-bond donors (Lipinski definition) is 1. The lowest BCUT2D eigenvalue weighted by atomic mass is 10.3. The van der Waals surface area contributed by atoms with Crippen LogP contribution in [-0.2, 0) is 0 Å². The number of amides is 1. The van der Waals surface area contributed by atoms with Crippen molar-refractivity contribution in [2.45, 2.75) is 6.92 Å². The molecule has 0 aliphatic rings. The number of carbonyl (C=O) groups is 1. The molecule has 0 saturated carbocycles. The largest absolute Gasteiger partial charge is 0.318 e. The molecule has 0 aromatic carbocycles. The Morgan fingerprint density at radius 3 is 2.82 bits per heavy atom. The summed E-state index contributed by atoms with van der Waals surface area (Å²) in [5.41, 5.74) is 1.34. The van der Waals surface area contributed by atoms with Crippen LogP contribution in [0.5, 0.6) is 0 Å². The highest BCUT2D eigenvalue weighted by Crippen LogP contribution is 2.19. The van der Waals surface area contributed by atoms with Gasteiger partial charge in [0.05, 0.1) is 11.4 Å². The number of nitrogens with one attached hydrogen (secondary N) is 1. The third-order valence-corrected chi connectivity index (χ3v) is 3.35. The van der Waals surface area contributed by atoms with Gasteiger partial charge in [0.15, 0.2) is 0 Å². The predicted molar refractivity (Wildman–Crippen MR) is 69.5 cm³/mol. The first kappa shape index (κ1) is 12.4. The van der Waals surface area contributed by atoms with Crippen LogP contribution in [0, 0.1) is 6.92 Å². The molecule has 0 saturated heterocycles. The summed E-state index contributed by atoms with van der Waals surface area (Å²) in [6.45, 7) is 1.80. The number of nitrogens with zero attached hydrogens (tertiary/aromatic N) is 3. The second-order valence-electron chi connectivity index (χ2n) is 3.08. The highest BCUT2D eigenvalue weighted by atomic mass is 79.9. The molecule has 0 radical (unpaired) electrons. The number of rotatable bonds is 2. The number of pyridine rings is 1. The highest BCUT2D eigenvalue weighted by Gasteiger charge is 2.13. The van der Waals surface area contributed by atoms with Crippen molar-refractivity contribution >= 4 is 50.5 Å². The molecule has 8 heteroatoms. The first-order valence-corrected chi connectivity index (χ1v) is 6.48. The quantitative estimate of drug-likeness (QED) is 0.858. The van der Waals surface area contributed by atoms with Crippen molar-refractivity contribution in [2.24, 2.45) is 0 Å². The van der Waals surface area contributed by atoms with Gasteiger partial charge in [-0.15, -0.1) is 10.2 Å². The molecule has 0 bridgehead atoms. The van der Waals surface area contributed by atoms with Crippen LogP contribution >= 0.6 is 38.9 Å². The lowest BCUT2D eigenvalue weighted by Crippen LogP contribution is -2.13. The minimum Gasteiger partial charge on any atom is -0.318 e. The van der Waals surface area contributed by atoms with Crippen molar-refractivity contribution in [2.75, 3.05) is 5.32 Å². The Morgan fingerprint density at radius 2 is 2.24 bits per heavy atom. The lowest BCUT2D eigenvalue weighted by molar-refractivity contribution is 0.102. The van der Waals surface area contributed by atoms with Gasteiger partial charge >= 0.3 is 0 Å². The fraction of sp³-hybridized carbons (Fsp3) is 0.111. The summed E-state index contributed by atoms with van der Waals surface area (Å²) in [6, 6.07) is 3.50. The van der Waals surface area contributed by atoms with Gasteiger partial charge in [-0.25, -0.2) is 4.98 Å². The van der Waals surface area contributed by atoms with Crippen molar-refractivity contribution in [3.63, 3.8) is 0 Å². The molecule has 5 nitrogen and oxygen atoms in total. The van der Waals surface area contributed by atoms with Crippen molar-refractivity contribution in [3.05, 3.63) is 31.9 Å². The van der Waals surface area contributed by atoms with Crippen molar-refractivity contribution in [3.8, 4) is 0 Å². The van der Waals surface area contributed by atoms with E-state index in [1.807, 2.05) is 0 Å². The monoisotopic (exact) mass is 332 g/mol. The molecule has 2 aromatic rings. The lowest BCUT2D eigenvalue weighted by Gasteiger charge is -2.05. The average Bonchev–Trinajstić information content (AvgIpc) is 2.69. The average molecular weight is 334 g/mol. The van der Waals surface area contributed by atoms with Crippen molar-refractivity contribution < 1.29 is 4.79 Å². The van der Waals surface area contributed by atoms with Crippen molar-refractivity contribution in [1.29, 1.82) is 0 Å². The number of hydrogen-bond acceptors (Lipinski definition) is 5. The normalized spacial score (nSPS) is 10.3. The van der Waals surface area contributed by atoms with Crippen LogP contribution in [0.1, 0.15) is 15.5 Å². The van der Waals surface area contributed by atoms with Gasteiger partial charge in [0, 0.05) is 0 Å². The van der Waals surface area contributed by atoms with E-state index in [2.05, 4.69) is 36.4 Å². The van der Waals surface area contributed by atoms with E-state index in [1.54, 1.807) is 19.1 Å². The molecule has 17 heavy (non-hydrogen) atoms. The molecule has 0 spiro atoms. The summed E-state index contributed by atoms with van der Waals surface area (Å²) in [7, 11) is 0. The molecule has 2 heterocycles. The minimum atomic E-state index is -0.346. The Labute approximate surface area is 114 Å². The first-order chi connectivity index (χ1) is 8.06. The summed E-state index contributed by atoms with van der Waals surface area (Å²) in [5, 5.41) is 10.1. The van der Waals surface area contributed by atoms with Gasteiger partial charge in [0.25, 0.3) is 5.91 Å². The first-order valence-electron chi connectivity index (χ1n) is 4.50. The summed E-state index contributed by atoms with van der Waals surface area (Å²) < 4.78 is 0.952. The molecule has 88 valence electrons. The fourth-order valence-corrected chi connectivity index (χ4v) is 2.26. The molecule has 0 aliphatic heterocycles. The molecular weight excluding hydrogens is 328 g/mol. The molecule has 0 atom stereocenters. The Hall–Kier alpha value is -1.05. The maximum atomic E-state index is 11.8. The zero-order valence-electron chi connectivity index (χ0n) is 8.57. The number of carbonyl (C=O) groups excluding carboxylic acids is 1. The van der Waals surface area contributed by atoms with Crippen LogP contribution in [0.15, 0.2) is 16.7 Å². The number of aryl methyl sites for hydroxylation is 1. The Bertz CT molecular complexity index is 574. The van der Waals surface area contributed by atoms with Crippen LogP contribution in [-0.4, -0.2) is 21.1 Å². The maximum absolute atomic E-state index is 11.8. The van der Waals surface area contributed by atoms with Gasteiger partial charge < -0.3 is 5.32 Å². The van der Waals surface area contributed by atoms with E-state index in [4.69, 9.17) is 11.6 Å². The van der Waals surface area contributed by atoms with Gasteiger partial charge in [-0.05, 0) is 46.6 Å². The number of aromatic nitrogens is 3. The summed E-state index contributed by atoms with van der Waals surface area (Å²) >= 11 is 9.88. The molecular formula is C9H6BrClN4OS. The summed E-state index contributed by atoms with van der Waals surface area (Å²) in [6.07, 6.45) is 0. The smallest absolute Gasteiger partial charge is 0.286 e. The molecule has 1 N–H and O–H groups in total. The van der Waals surface area contributed by atoms with E-state index in [1.165, 1.54) is 0 Å². The van der Waals surface area contributed by atoms with Crippen molar-refractivity contribution in [1.82, 2.24) is 15.2 Å². The SMILES string of the molecule is Cc1nc(Br)ccc1NC(=O)c1nnc(Cl)s1. The van der Waals surface area contributed by atoms with E-state index >= 15 is 0 Å². The number of halogens is 2. The second kappa shape index (κ2) is 5.07. The van der Waals surface area contributed by atoms with E-state index in [-0.39, 0.29) is 15.4 Å². The third kappa shape index (κ3) is 2.99. The Balaban J connectivity index is 2.18. The fourth-order valence-electron chi connectivity index (χ4n) is 1.14. The Morgan fingerprint density at radius 1 is 1.47 bits per heavy atom. The highest BCUT2D eigenvalue weighted by molar-refractivity contribution is 9.10. The van der Waals surface area contributed by atoms with Gasteiger partial charge in [-0.2, -0.15) is 0 Å². The molecule has 2 rings (SSSR count). The molecule has 0 fully saturated rings. The van der Waals surface area contributed by atoms with Gasteiger partial charge in [-0.1, -0.05) is 11.3 Å². The van der Waals surface area contributed by atoms with E-state index in [0.717, 1.165) is 11.3 Å². The predicted octanol–water partition coefficient (Wildman–Crippen LogP) is 2.91. The summed E-state index contributed by atoms with van der Waals surface area (Å²) in [4.78, 5) is 15.9. The van der Waals surface area contributed by atoms with E-state index < -0.39 is 0 Å². The maximum Gasteiger partial charge on any atom is 0.286 e. The minimum absolute atomic E-state index is 0.220. The molecule has 2 aromatic heterocycles. The van der Waals surface area contributed by atoms with Gasteiger partial charge in [-0.3, -0.25) is 4.79 Å². The second-order valence-corrected chi connectivity index (χ2v) is 5.45. The van der Waals surface area contributed by atoms with Gasteiger partial charge in [0.2, 0.25) is 9.47 Å². The van der Waals surface area contributed by atoms with Crippen LogP contribution in [0.3, 0.4) is 0 Å². The standard InChI is InChI=1S/C9H6BrClN4OS/c1-4-5(2-3-6(10)12-4)13-7(16)8-14-15-9(11)17-8/h2-3H,1H3,(H,13,16). The van der Waals surface area contributed by atoms with Gasteiger partial charge in [0.1, 0.15) is 4.60 Å². The number of anilines is 1. The van der Waals surface area contributed by atoms with Crippen LogP contribution < -0.4 is 5.32 Å². The Kier molecular flexibility index (Phi) is 3.70. The molecule has 1 amide bonds. The third-order valence-electron chi connectivity index (χ3n) is 1.89. The van der Waals surface area contributed by atoms with Crippen LogP contribution in [0.4, 0.5) is 5.69 Å². The molecule has 0 aliphatic carbocycles. The molecule has 0 unspecified atom stereocenters. The zero-order chi connectivity index (χ0) is 12.4. The van der Waals surface area contributed by atoms with Crippen LogP contribution in [0.25, 0.3) is 0 Å². The summed E-state index contributed by atoms with van der Waals surface area (Å²) in [5.74, 6) is -0.346. The van der Waals surface area contributed by atoms with E-state index in [0.29, 0.717) is 16.0 Å². The zero-order valence-corrected chi connectivity index (χ0v) is 11.7. The van der Waals surface area contributed by atoms with E-state index in [9.17, 15) is 4.79 Å². The topological polar surface area (TPSA) is 67.8 Å². The van der Waals surface area contributed by atoms with Crippen LogP contribution in [0.2, 0.25) is 4.47 Å².